The van der Waals surface area contributed by atoms with Gasteiger partial charge in [0.1, 0.15) is 0 Å². The summed E-state index contributed by atoms with van der Waals surface area (Å²) >= 11 is 3.48. The molecule has 0 aliphatic carbocycles. The summed E-state index contributed by atoms with van der Waals surface area (Å²) in [4.78, 5) is 27.7. The number of benzene rings is 2. The molecule has 4 rings (SSSR count). The lowest BCUT2D eigenvalue weighted by molar-refractivity contribution is -0.139. The van der Waals surface area contributed by atoms with Gasteiger partial charge in [0.05, 0.1) is 18.2 Å². The van der Waals surface area contributed by atoms with Gasteiger partial charge in [0.15, 0.2) is 0 Å². The molecule has 7 heteroatoms. The van der Waals surface area contributed by atoms with E-state index in [-0.39, 0.29) is 12.6 Å². The highest BCUT2D eigenvalue weighted by atomic mass is 79.9. The molecule has 2 amide bonds. The maximum absolute atomic E-state index is 12.9. The van der Waals surface area contributed by atoms with E-state index in [1.54, 1.807) is 6.92 Å². The third-order valence-corrected chi connectivity index (χ3v) is 6.14. The number of halogens is 1. The third-order valence-electron chi connectivity index (χ3n) is 5.65. The molecule has 1 atom stereocenters. The normalized spacial score (nSPS) is 19.1. The Kier molecular flexibility index (Phi) is 7.07. The van der Waals surface area contributed by atoms with E-state index in [2.05, 4.69) is 49.7 Å². The lowest BCUT2D eigenvalue weighted by Gasteiger charge is -2.33. The van der Waals surface area contributed by atoms with E-state index >= 15 is 0 Å². The van der Waals surface area contributed by atoms with Gasteiger partial charge >= 0.3 is 12.0 Å². The summed E-state index contributed by atoms with van der Waals surface area (Å²) in [5.74, 6) is -0.419. The van der Waals surface area contributed by atoms with Crippen molar-refractivity contribution in [2.75, 3.05) is 26.2 Å². The molecule has 0 bridgehead atoms. The van der Waals surface area contributed by atoms with Gasteiger partial charge < -0.3 is 15.4 Å². The van der Waals surface area contributed by atoms with Gasteiger partial charge in [-0.1, -0.05) is 64.5 Å². The molecular formula is C25H26BrN3O3. The fourth-order valence-electron chi connectivity index (χ4n) is 4.12. The van der Waals surface area contributed by atoms with Crippen molar-refractivity contribution < 1.29 is 14.3 Å². The van der Waals surface area contributed by atoms with Gasteiger partial charge in [-0.25, -0.2) is 9.59 Å². The Morgan fingerprint density at radius 2 is 2.00 bits per heavy atom. The van der Waals surface area contributed by atoms with Crippen LogP contribution in [-0.2, 0) is 9.53 Å². The molecule has 0 radical (unpaired) electrons. The predicted molar refractivity (Wildman–Crippen MR) is 128 cm³/mol. The summed E-state index contributed by atoms with van der Waals surface area (Å²) in [5.41, 5.74) is 4.42. The SMILES string of the molecule is CCOC(=O)C1=C(CN2CC=C(c3ccccc3)CC2)NC(=O)N[C@@H]1c1cccc(Br)c1. The molecule has 0 saturated carbocycles. The van der Waals surface area contributed by atoms with Crippen molar-refractivity contribution in [3.63, 3.8) is 0 Å². The highest BCUT2D eigenvalue weighted by Gasteiger charge is 2.34. The molecule has 2 aliphatic rings. The average molecular weight is 496 g/mol. The first-order valence-electron chi connectivity index (χ1n) is 10.7. The smallest absolute Gasteiger partial charge is 0.338 e. The van der Waals surface area contributed by atoms with Crippen molar-refractivity contribution in [3.8, 4) is 0 Å². The predicted octanol–water partition coefficient (Wildman–Crippen LogP) is 4.41. The van der Waals surface area contributed by atoms with Gasteiger partial charge in [-0.05, 0) is 42.2 Å². The van der Waals surface area contributed by atoms with Crippen LogP contribution in [0.5, 0.6) is 0 Å². The third kappa shape index (κ3) is 5.11. The molecule has 2 N–H and O–H groups in total. The van der Waals surface area contributed by atoms with Gasteiger partial charge in [0, 0.05) is 29.8 Å². The van der Waals surface area contributed by atoms with Crippen LogP contribution in [0.15, 0.2) is 76.4 Å². The molecule has 0 saturated heterocycles. The van der Waals surface area contributed by atoms with Crippen LogP contribution in [0, 0.1) is 0 Å². The summed E-state index contributed by atoms with van der Waals surface area (Å²) in [6.45, 7) is 4.09. The fourth-order valence-corrected chi connectivity index (χ4v) is 4.54. The van der Waals surface area contributed by atoms with Crippen molar-refractivity contribution in [3.05, 3.63) is 87.5 Å². The number of rotatable bonds is 6. The maximum Gasteiger partial charge on any atom is 0.338 e. The van der Waals surface area contributed by atoms with E-state index < -0.39 is 12.0 Å². The number of esters is 1. The summed E-state index contributed by atoms with van der Waals surface area (Å²) in [6.07, 6.45) is 3.13. The molecule has 0 fully saturated rings. The standard InChI is InChI=1S/C25H26BrN3O3/c1-2-32-24(30)22-21(27-25(31)28-23(22)19-9-6-10-20(26)15-19)16-29-13-11-18(12-14-29)17-7-4-3-5-8-17/h3-11,15,23H,2,12-14,16H2,1H3,(H2,27,28,31)/t23-/m1/s1. The highest BCUT2D eigenvalue weighted by molar-refractivity contribution is 9.10. The van der Waals surface area contributed by atoms with Crippen molar-refractivity contribution in [2.24, 2.45) is 0 Å². The zero-order valence-corrected chi connectivity index (χ0v) is 19.5. The van der Waals surface area contributed by atoms with Crippen molar-refractivity contribution in [1.82, 2.24) is 15.5 Å². The minimum absolute atomic E-state index is 0.266. The number of ether oxygens (including phenoxy) is 1. The van der Waals surface area contributed by atoms with Crippen LogP contribution in [0.3, 0.4) is 0 Å². The molecule has 32 heavy (non-hydrogen) atoms. The summed E-state index contributed by atoms with van der Waals surface area (Å²) in [5, 5.41) is 5.75. The number of hydrogen-bond donors (Lipinski definition) is 2. The van der Waals surface area contributed by atoms with Crippen LogP contribution in [0.4, 0.5) is 4.79 Å². The van der Waals surface area contributed by atoms with Crippen LogP contribution in [-0.4, -0.2) is 43.1 Å². The summed E-state index contributed by atoms with van der Waals surface area (Å²) in [6, 6.07) is 17.1. The van der Waals surface area contributed by atoms with Gasteiger partial charge in [-0.15, -0.1) is 0 Å². The quantitative estimate of drug-likeness (QED) is 0.582. The lowest BCUT2D eigenvalue weighted by atomic mass is 9.94. The minimum atomic E-state index is -0.574. The number of nitrogens with zero attached hydrogens (tertiary/aromatic N) is 1. The van der Waals surface area contributed by atoms with E-state index in [4.69, 9.17) is 4.74 Å². The van der Waals surface area contributed by atoms with E-state index in [0.717, 1.165) is 29.5 Å². The Labute approximate surface area is 196 Å². The largest absolute Gasteiger partial charge is 0.463 e. The van der Waals surface area contributed by atoms with E-state index in [9.17, 15) is 9.59 Å². The Morgan fingerprint density at radius 3 is 2.69 bits per heavy atom. The number of nitrogens with one attached hydrogen (secondary N) is 2. The van der Waals surface area contributed by atoms with Crippen LogP contribution < -0.4 is 10.6 Å². The van der Waals surface area contributed by atoms with Crippen molar-refractivity contribution in [2.45, 2.75) is 19.4 Å². The number of urea groups is 1. The van der Waals surface area contributed by atoms with Crippen LogP contribution >= 0.6 is 15.9 Å². The highest BCUT2D eigenvalue weighted by Crippen LogP contribution is 2.30. The Morgan fingerprint density at radius 1 is 1.19 bits per heavy atom. The van der Waals surface area contributed by atoms with Crippen LogP contribution in [0.2, 0.25) is 0 Å². The minimum Gasteiger partial charge on any atom is -0.463 e. The fraction of sp³-hybridized carbons (Fsp3) is 0.280. The van der Waals surface area contributed by atoms with E-state index in [1.807, 2.05) is 42.5 Å². The molecule has 166 valence electrons. The van der Waals surface area contributed by atoms with E-state index in [0.29, 0.717) is 17.8 Å². The maximum atomic E-state index is 12.9. The van der Waals surface area contributed by atoms with Gasteiger partial charge in [0.2, 0.25) is 0 Å². The lowest BCUT2D eigenvalue weighted by Crippen LogP contribution is -2.48. The van der Waals surface area contributed by atoms with E-state index in [1.165, 1.54) is 11.1 Å². The summed E-state index contributed by atoms with van der Waals surface area (Å²) in [7, 11) is 0. The van der Waals surface area contributed by atoms with Gasteiger partial charge in [-0.3, -0.25) is 4.90 Å². The number of carbonyl (C=O) groups excluding carboxylic acids is 2. The first-order chi connectivity index (χ1) is 15.5. The summed E-state index contributed by atoms with van der Waals surface area (Å²) < 4.78 is 6.24. The Balaban J connectivity index is 1.61. The number of hydrogen-bond acceptors (Lipinski definition) is 4. The molecule has 2 aromatic rings. The average Bonchev–Trinajstić information content (AvgIpc) is 2.80. The Hall–Kier alpha value is -2.90. The van der Waals surface area contributed by atoms with Gasteiger partial charge in [0.25, 0.3) is 0 Å². The van der Waals surface area contributed by atoms with Crippen LogP contribution in [0.25, 0.3) is 5.57 Å². The molecule has 2 heterocycles. The second kappa shape index (κ2) is 10.1. The zero-order valence-electron chi connectivity index (χ0n) is 17.9. The van der Waals surface area contributed by atoms with Crippen molar-refractivity contribution in [1.29, 1.82) is 0 Å². The van der Waals surface area contributed by atoms with Crippen LogP contribution in [0.1, 0.15) is 30.5 Å². The molecule has 0 spiro atoms. The first kappa shape index (κ1) is 22.3. The number of carbonyl (C=O) groups is 2. The molecule has 2 aliphatic heterocycles. The second-order valence-electron chi connectivity index (χ2n) is 7.78. The van der Waals surface area contributed by atoms with Crippen molar-refractivity contribution >= 4 is 33.5 Å². The topological polar surface area (TPSA) is 70.7 Å². The zero-order chi connectivity index (χ0) is 22.5. The van der Waals surface area contributed by atoms with Gasteiger partial charge in [-0.2, -0.15) is 0 Å². The Bertz CT molecular complexity index is 1070. The molecular weight excluding hydrogens is 470 g/mol. The molecule has 0 aromatic heterocycles. The first-order valence-corrected chi connectivity index (χ1v) is 11.5. The molecule has 2 aromatic carbocycles. The monoisotopic (exact) mass is 495 g/mol. The number of amides is 2. The molecule has 0 unspecified atom stereocenters. The molecule has 6 nitrogen and oxygen atoms in total. The second-order valence-corrected chi connectivity index (χ2v) is 8.70.